The maximum atomic E-state index is 11.5. The van der Waals surface area contributed by atoms with Crippen LogP contribution in [0.4, 0.5) is 0 Å². The van der Waals surface area contributed by atoms with Crippen molar-refractivity contribution in [1.29, 1.82) is 0 Å². The van der Waals surface area contributed by atoms with E-state index in [4.69, 9.17) is 5.21 Å². The molecule has 1 amide bonds. The second-order valence-electron chi connectivity index (χ2n) is 3.45. The van der Waals surface area contributed by atoms with Crippen LogP contribution in [0.1, 0.15) is 15.9 Å². The van der Waals surface area contributed by atoms with Crippen LogP contribution in [-0.4, -0.2) is 11.1 Å². The molecule has 82 valence electrons. The molecule has 0 saturated carbocycles. The zero-order chi connectivity index (χ0) is 11.5. The zero-order valence-electron chi connectivity index (χ0n) is 8.73. The van der Waals surface area contributed by atoms with E-state index in [1.165, 1.54) is 0 Å². The number of hydrogen-bond donors (Lipinski definition) is 2. The fourth-order valence-electron chi connectivity index (χ4n) is 1.61. The van der Waals surface area contributed by atoms with E-state index in [1.54, 1.807) is 28.9 Å². The molecule has 0 fully saturated rings. The fraction of sp³-hybridized carbons (Fsp3) is 0.0833. The first-order valence-electron chi connectivity index (χ1n) is 4.80. The Morgan fingerprint density at radius 2 is 2.00 bits per heavy atom. The number of thiophene rings is 1. The van der Waals surface area contributed by atoms with Gasteiger partial charge in [-0.15, -0.1) is 0 Å². The molecule has 0 atom stereocenters. The summed E-state index contributed by atoms with van der Waals surface area (Å²) in [4.78, 5) is 11.5. The Balaban J connectivity index is 2.57. The predicted molar refractivity (Wildman–Crippen MR) is 63.7 cm³/mol. The van der Waals surface area contributed by atoms with Gasteiger partial charge in [-0.1, -0.05) is 18.2 Å². The molecular weight excluding hydrogens is 222 g/mol. The molecule has 16 heavy (non-hydrogen) atoms. The molecule has 2 aromatic rings. The predicted octanol–water partition coefficient (Wildman–Crippen LogP) is 2.84. The van der Waals surface area contributed by atoms with Crippen molar-refractivity contribution in [3.05, 3.63) is 46.2 Å². The average Bonchev–Trinajstić information content (AvgIpc) is 2.74. The van der Waals surface area contributed by atoms with Crippen molar-refractivity contribution in [1.82, 2.24) is 5.48 Å². The Morgan fingerprint density at radius 3 is 2.62 bits per heavy atom. The van der Waals surface area contributed by atoms with Crippen molar-refractivity contribution in [2.45, 2.75) is 6.92 Å². The molecule has 0 aliphatic heterocycles. The molecular formula is C12H11NO2S. The third-order valence-corrected chi connectivity index (χ3v) is 3.28. The molecule has 4 heteroatoms. The topological polar surface area (TPSA) is 49.3 Å². The zero-order valence-corrected chi connectivity index (χ0v) is 9.54. The summed E-state index contributed by atoms with van der Waals surface area (Å²) in [6.07, 6.45) is 0. The summed E-state index contributed by atoms with van der Waals surface area (Å²) in [5, 5.41) is 12.7. The van der Waals surface area contributed by atoms with E-state index >= 15 is 0 Å². The summed E-state index contributed by atoms with van der Waals surface area (Å²) >= 11 is 1.59. The van der Waals surface area contributed by atoms with E-state index in [2.05, 4.69) is 0 Å². The van der Waals surface area contributed by atoms with E-state index in [1.807, 2.05) is 29.8 Å². The van der Waals surface area contributed by atoms with Crippen LogP contribution >= 0.6 is 11.3 Å². The number of carbonyl (C=O) groups is 1. The molecule has 0 unspecified atom stereocenters. The third-order valence-electron chi connectivity index (χ3n) is 2.42. The number of benzene rings is 1. The molecule has 1 aromatic heterocycles. The van der Waals surface area contributed by atoms with Crippen molar-refractivity contribution < 1.29 is 10.0 Å². The lowest BCUT2D eigenvalue weighted by Gasteiger charge is -2.07. The lowest BCUT2D eigenvalue weighted by molar-refractivity contribution is 0.0707. The van der Waals surface area contributed by atoms with Gasteiger partial charge in [0.25, 0.3) is 5.91 Å². The van der Waals surface area contributed by atoms with Crippen LogP contribution in [0.25, 0.3) is 11.1 Å². The van der Waals surface area contributed by atoms with Gasteiger partial charge in [0.05, 0.1) is 0 Å². The maximum Gasteiger partial charge on any atom is 0.275 e. The summed E-state index contributed by atoms with van der Waals surface area (Å²) in [5.41, 5.74) is 5.15. The average molecular weight is 233 g/mol. The third kappa shape index (κ3) is 1.85. The molecule has 1 heterocycles. The molecule has 0 aliphatic carbocycles. The van der Waals surface area contributed by atoms with Crippen molar-refractivity contribution in [3.8, 4) is 11.1 Å². The van der Waals surface area contributed by atoms with Gasteiger partial charge in [0.2, 0.25) is 0 Å². The number of hydrogen-bond acceptors (Lipinski definition) is 3. The van der Waals surface area contributed by atoms with E-state index in [9.17, 15) is 4.79 Å². The first-order chi connectivity index (χ1) is 7.74. The van der Waals surface area contributed by atoms with Gasteiger partial charge < -0.3 is 0 Å². The van der Waals surface area contributed by atoms with Crippen molar-refractivity contribution in [2.24, 2.45) is 0 Å². The molecule has 1 aromatic carbocycles. The van der Waals surface area contributed by atoms with Crippen LogP contribution in [0.5, 0.6) is 0 Å². The monoisotopic (exact) mass is 233 g/mol. The largest absolute Gasteiger partial charge is 0.288 e. The van der Waals surface area contributed by atoms with Gasteiger partial charge in [-0.3, -0.25) is 10.0 Å². The van der Waals surface area contributed by atoms with E-state index in [-0.39, 0.29) is 0 Å². The Bertz CT molecular complexity index is 519. The smallest absolute Gasteiger partial charge is 0.275 e. The van der Waals surface area contributed by atoms with Gasteiger partial charge >= 0.3 is 0 Å². The van der Waals surface area contributed by atoms with E-state index in [0.717, 1.165) is 16.7 Å². The minimum Gasteiger partial charge on any atom is -0.288 e. The van der Waals surface area contributed by atoms with Gasteiger partial charge in [-0.05, 0) is 40.4 Å². The molecule has 0 aliphatic rings. The molecule has 2 rings (SSSR count). The Hall–Kier alpha value is -1.65. The summed E-state index contributed by atoms with van der Waals surface area (Å²) < 4.78 is 0. The number of nitrogens with one attached hydrogen (secondary N) is 1. The molecule has 0 spiro atoms. The number of hydroxylamine groups is 1. The van der Waals surface area contributed by atoms with E-state index < -0.39 is 5.91 Å². The van der Waals surface area contributed by atoms with Crippen LogP contribution in [0.3, 0.4) is 0 Å². The number of rotatable bonds is 2. The highest BCUT2D eigenvalue weighted by Crippen LogP contribution is 2.29. The normalized spacial score (nSPS) is 10.1. The first kappa shape index (κ1) is 10.9. The molecule has 3 nitrogen and oxygen atoms in total. The van der Waals surface area contributed by atoms with Crippen molar-refractivity contribution in [2.75, 3.05) is 0 Å². The van der Waals surface area contributed by atoms with Gasteiger partial charge in [0, 0.05) is 5.56 Å². The molecule has 0 saturated heterocycles. The highest BCUT2D eigenvalue weighted by molar-refractivity contribution is 7.08. The van der Waals surface area contributed by atoms with Gasteiger partial charge in [0.1, 0.15) is 0 Å². The summed E-state index contributed by atoms with van der Waals surface area (Å²) in [5.74, 6) is -0.485. The quantitative estimate of drug-likeness (QED) is 0.619. The van der Waals surface area contributed by atoms with Gasteiger partial charge in [-0.2, -0.15) is 11.3 Å². The highest BCUT2D eigenvalue weighted by Gasteiger charge is 2.13. The highest BCUT2D eigenvalue weighted by atomic mass is 32.1. The summed E-state index contributed by atoms with van der Waals surface area (Å²) in [7, 11) is 0. The Kier molecular flexibility index (Phi) is 3.03. The van der Waals surface area contributed by atoms with Crippen LogP contribution in [0, 0.1) is 6.92 Å². The van der Waals surface area contributed by atoms with Crippen molar-refractivity contribution in [3.63, 3.8) is 0 Å². The maximum absolute atomic E-state index is 11.5. The second kappa shape index (κ2) is 4.47. The number of carbonyl (C=O) groups excluding carboxylic acids is 1. The van der Waals surface area contributed by atoms with Gasteiger partial charge in [-0.25, -0.2) is 5.48 Å². The van der Waals surface area contributed by atoms with Crippen LogP contribution < -0.4 is 5.48 Å². The van der Waals surface area contributed by atoms with E-state index in [0.29, 0.717) is 5.56 Å². The molecule has 2 N–H and O–H groups in total. The van der Waals surface area contributed by atoms with Crippen LogP contribution in [-0.2, 0) is 0 Å². The number of amides is 1. The van der Waals surface area contributed by atoms with Gasteiger partial charge in [0.15, 0.2) is 0 Å². The SMILES string of the molecule is Cc1cscc1-c1ccccc1C(=O)NO. The lowest BCUT2D eigenvalue weighted by Crippen LogP contribution is -2.19. The van der Waals surface area contributed by atoms with Crippen LogP contribution in [0.2, 0.25) is 0 Å². The fourth-order valence-corrected chi connectivity index (χ4v) is 2.46. The lowest BCUT2D eigenvalue weighted by atomic mass is 9.99. The van der Waals surface area contributed by atoms with Crippen LogP contribution in [0.15, 0.2) is 35.0 Å². The standard InChI is InChI=1S/C12H11NO2S/c1-8-6-16-7-11(8)9-4-2-3-5-10(9)12(14)13-15/h2-7,15H,1H3,(H,13,14). The summed E-state index contributed by atoms with van der Waals surface area (Å²) in [6.45, 7) is 2.00. The Labute approximate surface area is 97.3 Å². The number of aryl methyl sites for hydroxylation is 1. The second-order valence-corrected chi connectivity index (χ2v) is 4.20. The Morgan fingerprint density at radius 1 is 1.25 bits per heavy atom. The minimum atomic E-state index is -0.485. The molecule has 0 radical (unpaired) electrons. The minimum absolute atomic E-state index is 0.478. The molecule has 0 bridgehead atoms. The summed E-state index contributed by atoms with van der Waals surface area (Å²) in [6, 6.07) is 7.22. The van der Waals surface area contributed by atoms with Crippen molar-refractivity contribution >= 4 is 17.2 Å². The first-order valence-corrected chi connectivity index (χ1v) is 5.75.